The largest absolute Gasteiger partial charge is 0.456 e. The van der Waals surface area contributed by atoms with Crippen LogP contribution in [0.15, 0.2) is 161 Å². The van der Waals surface area contributed by atoms with E-state index in [2.05, 4.69) is 155 Å². The molecule has 4 nitrogen and oxygen atoms in total. The first-order valence-electron chi connectivity index (χ1n) is 17.4. The lowest BCUT2D eigenvalue weighted by Crippen LogP contribution is -2.24. The van der Waals surface area contributed by atoms with Crippen LogP contribution in [0.1, 0.15) is 41.3 Å². The average molecular weight is 642 g/mol. The summed E-state index contributed by atoms with van der Waals surface area (Å²) in [7, 11) is 0. The third-order valence-electron chi connectivity index (χ3n) is 10.7. The zero-order valence-corrected chi connectivity index (χ0v) is 27.2. The van der Waals surface area contributed by atoms with Crippen molar-refractivity contribution in [2.24, 2.45) is 4.99 Å². The second-order valence-corrected chi connectivity index (χ2v) is 13.4. The van der Waals surface area contributed by atoms with Crippen molar-refractivity contribution < 1.29 is 4.42 Å². The Bertz CT molecular complexity index is 2910. The van der Waals surface area contributed by atoms with Gasteiger partial charge < -0.3 is 14.3 Å². The molecule has 0 radical (unpaired) electrons. The van der Waals surface area contributed by atoms with Gasteiger partial charge in [-0.2, -0.15) is 0 Å². The van der Waals surface area contributed by atoms with Gasteiger partial charge in [0.05, 0.1) is 16.7 Å². The number of nitrogens with one attached hydrogen (secondary N) is 1. The molecule has 0 fully saturated rings. The van der Waals surface area contributed by atoms with Gasteiger partial charge in [-0.15, -0.1) is 0 Å². The predicted molar refractivity (Wildman–Crippen MR) is 207 cm³/mol. The smallest absolute Gasteiger partial charge is 0.148 e. The molecule has 4 heteroatoms. The molecule has 0 spiro atoms. The number of benzene rings is 7. The van der Waals surface area contributed by atoms with Crippen molar-refractivity contribution in [3.63, 3.8) is 0 Å². The van der Waals surface area contributed by atoms with Crippen LogP contribution in [0.25, 0.3) is 71.5 Å². The highest BCUT2D eigenvalue weighted by atomic mass is 16.3. The minimum Gasteiger partial charge on any atom is -0.456 e. The third-order valence-corrected chi connectivity index (χ3v) is 10.7. The normalized spacial score (nSPS) is 15.8. The Labute approximate surface area is 288 Å². The van der Waals surface area contributed by atoms with Crippen LogP contribution in [-0.4, -0.2) is 10.3 Å². The molecule has 2 aliphatic rings. The van der Waals surface area contributed by atoms with Crippen LogP contribution in [0.3, 0.4) is 0 Å². The van der Waals surface area contributed by atoms with Gasteiger partial charge in [-0.05, 0) is 52.9 Å². The highest BCUT2D eigenvalue weighted by Gasteiger charge is 2.31. The molecule has 1 unspecified atom stereocenters. The predicted octanol–water partition coefficient (Wildman–Crippen LogP) is 11.6. The van der Waals surface area contributed by atoms with E-state index in [4.69, 9.17) is 9.41 Å². The fourth-order valence-corrected chi connectivity index (χ4v) is 8.54. The number of allylic oxidation sites excluding steroid dienone is 1. The maximum absolute atomic E-state index is 6.65. The minimum absolute atomic E-state index is 0.403. The van der Waals surface area contributed by atoms with E-state index in [0.717, 1.165) is 57.3 Å². The molecule has 0 saturated heterocycles. The Kier molecular flexibility index (Phi) is 5.81. The molecule has 1 N–H and O–H groups in total. The lowest BCUT2D eigenvalue weighted by molar-refractivity contribution is 0.624. The summed E-state index contributed by atoms with van der Waals surface area (Å²) >= 11 is 0. The zero-order valence-electron chi connectivity index (χ0n) is 27.2. The summed E-state index contributed by atoms with van der Waals surface area (Å²) in [5.41, 5.74) is 13.6. The molecule has 2 aliphatic heterocycles. The molecule has 9 aromatic rings. The molecule has 236 valence electrons. The second-order valence-electron chi connectivity index (χ2n) is 13.4. The van der Waals surface area contributed by atoms with Gasteiger partial charge in [-0.3, -0.25) is 4.99 Å². The van der Waals surface area contributed by atoms with Crippen molar-refractivity contribution in [3.8, 4) is 5.69 Å². The average Bonchev–Trinajstić information content (AvgIpc) is 3.68. The lowest BCUT2D eigenvalue weighted by Gasteiger charge is -2.27. The van der Waals surface area contributed by atoms with Gasteiger partial charge >= 0.3 is 0 Å². The minimum atomic E-state index is -0.403. The maximum Gasteiger partial charge on any atom is 0.148 e. The molecule has 50 heavy (non-hydrogen) atoms. The van der Waals surface area contributed by atoms with Crippen LogP contribution in [0.5, 0.6) is 0 Å². The first-order chi connectivity index (χ1) is 24.8. The summed E-state index contributed by atoms with van der Waals surface area (Å²) in [6.07, 6.45) is 1.23. The van der Waals surface area contributed by atoms with Crippen LogP contribution in [0.2, 0.25) is 0 Å². The number of aromatic nitrogens is 1. The lowest BCUT2D eigenvalue weighted by atomic mass is 9.89. The van der Waals surface area contributed by atoms with Gasteiger partial charge in [-0.1, -0.05) is 133 Å². The van der Waals surface area contributed by atoms with Crippen LogP contribution in [0.4, 0.5) is 0 Å². The molecule has 2 aromatic heterocycles. The van der Waals surface area contributed by atoms with E-state index in [1.54, 1.807) is 0 Å². The van der Waals surface area contributed by atoms with Crippen molar-refractivity contribution >= 4 is 71.5 Å². The molecular weight excluding hydrogens is 611 g/mol. The summed E-state index contributed by atoms with van der Waals surface area (Å²) in [5, 5.41) is 11.3. The first kappa shape index (κ1) is 27.5. The van der Waals surface area contributed by atoms with E-state index in [9.17, 15) is 0 Å². The number of nitrogens with zero attached hydrogens (tertiary/aromatic N) is 2. The summed E-state index contributed by atoms with van der Waals surface area (Å²) in [6, 6.07) is 54.5. The Morgan fingerprint density at radius 3 is 2.26 bits per heavy atom. The monoisotopic (exact) mass is 641 g/mol. The highest BCUT2D eigenvalue weighted by Crippen LogP contribution is 2.47. The van der Waals surface area contributed by atoms with Crippen LogP contribution in [0, 0.1) is 0 Å². The number of hydrogen-bond acceptors (Lipinski definition) is 3. The topological polar surface area (TPSA) is 42.5 Å². The molecule has 4 heterocycles. The summed E-state index contributed by atoms with van der Waals surface area (Å²) in [4.78, 5) is 5.61. The number of furan rings is 1. The van der Waals surface area contributed by atoms with E-state index < -0.39 is 6.17 Å². The fraction of sp³-hybridized carbons (Fsp3) is 0.0652. The van der Waals surface area contributed by atoms with E-state index in [1.165, 1.54) is 55.0 Å². The van der Waals surface area contributed by atoms with Gasteiger partial charge in [0.15, 0.2) is 0 Å². The molecule has 0 amide bonds. The molecular formula is C46H31N3O. The molecule has 0 saturated carbocycles. The van der Waals surface area contributed by atoms with Gasteiger partial charge in [0.25, 0.3) is 0 Å². The number of fused-ring (bicyclic) bond motifs is 12. The van der Waals surface area contributed by atoms with Gasteiger partial charge in [-0.25, -0.2) is 0 Å². The highest BCUT2D eigenvalue weighted by molar-refractivity contribution is 6.18. The van der Waals surface area contributed by atoms with E-state index in [1.807, 2.05) is 6.07 Å². The molecule has 7 aromatic carbocycles. The Morgan fingerprint density at radius 1 is 0.600 bits per heavy atom. The van der Waals surface area contributed by atoms with Crippen LogP contribution < -0.4 is 5.32 Å². The molecule has 0 aliphatic carbocycles. The number of rotatable bonds is 2. The zero-order chi connectivity index (χ0) is 32.8. The molecule has 0 bridgehead atoms. The van der Waals surface area contributed by atoms with Gasteiger partial charge in [0.1, 0.15) is 17.3 Å². The van der Waals surface area contributed by atoms with Crippen molar-refractivity contribution in [2.75, 3.05) is 0 Å². The van der Waals surface area contributed by atoms with Gasteiger partial charge in [0, 0.05) is 49.6 Å². The summed E-state index contributed by atoms with van der Waals surface area (Å²) in [5.74, 6) is 0. The Morgan fingerprint density at radius 2 is 1.34 bits per heavy atom. The quantitative estimate of drug-likeness (QED) is 0.204. The maximum atomic E-state index is 6.65. The Balaban J connectivity index is 1.25. The van der Waals surface area contributed by atoms with Crippen molar-refractivity contribution in [3.05, 3.63) is 174 Å². The van der Waals surface area contributed by atoms with E-state index in [0.29, 0.717) is 0 Å². The SMILES string of the molecule is c1ccc(C2=NC(c3cccc4c3oc3ccccc34)NC3=C(CC2)c2cccc4c5ccccc5n(c24)-c2ccc4ccccc4c23)cc1. The Hall–Kier alpha value is -6.39. The van der Waals surface area contributed by atoms with Crippen LogP contribution in [-0.2, 0) is 0 Å². The fourth-order valence-electron chi connectivity index (χ4n) is 8.54. The molecule has 11 rings (SSSR count). The number of hydrogen-bond donors (Lipinski definition) is 1. The second kappa shape index (κ2) is 10.6. The third kappa shape index (κ3) is 3.90. The number of aliphatic imine (C=N–C) groups is 1. The van der Waals surface area contributed by atoms with E-state index >= 15 is 0 Å². The van der Waals surface area contributed by atoms with Crippen molar-refractivity contribution in [1.29, 1.82) is 0 Å². The summed E-state index contributed by atoms with van der Waals surface area (Å²) < 4.78 is 9.16. The van der Waals surface area contributed by atoms with Crippen molar-refractivity contribution in [1.82, 2.24) is 9.88 Å². The van der Waals surface area contributed by atoms with Crippen molar-refractivity contribution in [2.45, 2.75) is 19.0 Å². The van der Waals surface area contributed by atoms with E-state index in [-0.39, 0.29) is 0 Å². The number of para-hydroxylation sites is 4. The van der Waals surface area contributed by atoms with Gasteiger partial charge in [0.2, 0.25) is 0 Å². The summed E-state index contributed by atoms with van der Waals surface area (Å²) in [6.45, 7) is 0. The first-order valence-corrected chi connectivity index (χ1v) is 17.4. The molecule has 1 atom stereocenters. The standard InChI is InChI=1S/C46H31N3O/c1-2-13-29(14-3-1)38-26-25-33-35-19-10-18-34-31-16-6-8-22-39(31)49(44(34)35)40-27-24-28-12-4-5-15-30(28)42(40)43(33)48-46(47-38)37-21-11-20-36-32-17-7-9-23-41(32)50-45(36)37/h1-24,27,46,48H,25-26H2. The van der Waals surface area contributed by atoms with Crippen LogP contribution >= 0.6 is 0 Å².